The van der Waals surface area contributed by atoms with Crippen LogP contribution in [0.25, 0.3) is 10.8 Å². The molecule has 0 aliphatic carbocycles. The van der Waals surface area contributed by atoms with E-state index in [4.69, 9.17) is 9.47 Å². The predicted molar refractivity (Wildman–Crippen MR) is 123 cm³/mol. The molecule has 1 heterocycles. The van der Waals surface area contributed by atoms with Crippen LogP contribution in [0.15, 0.2) is 66.7 Å². The first-order valence-electron chi connectivity index (χ1n) is 11.0. The Labute approximate surface area is 184 Å². The van der Waals surface area contributed by atoms with Gasteiger partial charge in [-0.2, -0.15) is 0 Å². The number of amides is 1. The molecule has 4 rings (SSSR count). The minimum absolute atomic E-state index is 0.0364. The standard InChI is InChI=1S/C26H30N2O3/c1-28(19-22-8-4-7-21-6-2-3-9-24(21)22)18-20-11-13-23(14-12-20)30-17-15-27-26(29)25-10-5-16-31-25/h2-4,6-9,11-14,25H,5,10,15-19H2,1H3,(H,27,29)/t25-/m1/s1. The Bertz CT molecular complexity index is 992. The van der Waals surface area contributed by atoms with Crippen molar-refractivity contribution < 1.29 is 14.3 Å². The second-order valence-corrected chi connectivity index (χ2v) is 8.10. The van der Waals surface area contributed by atoms with E-state index in [2.05, 4.69) is 71.9 Å². The lowest BCUT2D eigenvalue weighted by Crippen LogP contribution is -2.36. The van der Waals surface area contributed by atoms with Crippen LogP contribution in [-0.2, 0) is 22.6 Å². The molecule has 1 atom stereocenters. The average molecular weight is 419 g/mol. The van der Waals surface area contributed by atoms with Gasteiger partial charge in [-0.1, -0.05) is 54.6 Å². The van der Waals surface area contributed by atoms with Crippen molar-refractivity contribution in [2.45, 2.75) is 32.0 Å². The van der Waals surface area contributed by atoms with Gasteiger partial charge in [0.1, 0.15) is 18.5 Å². The summed E-state index contributed by atoms with van der Waals surface area (Å²) in [6.45, 7) is 3.36. The molecule has 1 amide bonds. The quantitative estimate of drug-likeness (QED) is 0.531. The zero-order valence-corrected chi connectivity index (χ0v) is 18.0. The van der Waals surface area contributed by atoms with Gasteiger partial charge in [-0.15, -0.1) is 0 Å². The summed E-state index contributed by atoms with van der Waals surface area (Å²) in [4.78, 5) is 14.2. The molecule has 1 fully saturated rings. The molecule has 3 aromatic carbocycles. The second-order valence-electron chi connectivity index (χ2n) is 8.10. The summed E-state index contributed by atoms with van der Waals surface area (Å²) in [5.74, 6) is 0.775. The number of rotatable bonds is 9. The molecule has 1 N–H and O–H groups in total. The van der Waals surface area contributed by atoms with Crippen LogP contribution in [0, 0.1) is 0 Å². The Morgan fingerprint density at radius 2 is 1.87 bits per heavy atom. The predicted octanol–water partition coefficient (Wildman–Crippen LogP) is 4.15. The van der Waals surface area contributed by atoms with Gasteiger partial charge in [0, 0.05) is 19.7 Å². The van der Waals surface area contributed by atoms with Gasteiger partial charge in [0.25, 0.3) is 0 Å². The number of fused-ring (bicyclic) bond motifs is 1. The Hall–Kier alpha value is -2.89. The van der Waals surface area contributed by atoms with Crippen LogP contribution in [0.4, 0.5) is 0 Å². The van der Waals surface area contributed by atoms with E-state index in [1.54, 1.807) is 0 Å². The summed E-state index contributed by atoms with van der Waals surface area (Å²) in [5, 5.41) is 5.46. The molecular formula is C26H30N2O3. The number of ether oxygens (including phenoxy) is 2. The molecule has 3 aromatic rings. The fourth-order valence-corrected chi connectivity index (χ4v) is 4.02. The topological polar surface area (TPSA) is 50.8 Å². The number of benzene rings is 3. The maximum absolute atomic E-state index is 11.9. The van der Waals surface area contributed by atoms with Gasteiger partial charge in [0.2, 0.25) is 5.91 Å². The van der Waals surface area contributed by atoms with Crippen LogP contribution < -0.4 is 10.1 Å². The molecule has 1 saturated heterocycles. The van der Waals surface area contributed by atoms with Crippen LogP contribution in [-0.4, -0.2) is 43.7 Å². The SMILES string of the molecule is CN(Cc1ccc(OCCNC(=O)[C@H]2CCCO2)cc1)Cc1cccc2ccccc12. The van der Waals surface area contributed by atoms with Gasteiger partial charge >= 0.3 is 0 Å². The average Bonchev–Trinajstić information content (AvgIpc) is 3.33. The Morgan fingerprint density at radius 1 is 1.06 bits per heavy atom. The van der Waals surface area contributed by atoms with E-state index in [1.807, 2.05) is 12.1 Å². The van der Waals surface area contributed by atoms with Crippen LogP contribution in [0.2, 0.25) is 0 Å². The van der Waals surface area contributed by atoms with E-state index in [-0.39, 0.29) is 12.0 Å². The minimum atomic E-state index is -0.287. The van der Waals surface area contributed by atoms with Crippen molar-refractivity contribution in [3.8, 4) is 5.75 Å². The smallest absolute Gasteiger partial charge is 0.249 e. The van der Waals surface area contributed by atoms with Crippen LogP contribution >= 0.6 is 0 Å². The number of nitrogens with zero attached hydrogens (tertiary/aromatic N) is 1. The van der Waals surface area contributed by atoms with Gasteiger partial charge in [0.15, 0.2) is 0 Å². The Morgan fingerprint density at radius 3 is 2.68 bits per heavy atom. The molecule has 1 aliphatic heterocycles. The molecule has 0 bridgehead atoms. The highest BCUT2D eigenvalue weighted by atomic mass is 16.5. The normalized spacial score (nSPS) is 16.0. The molecule has 0 radical (unpaired) electrons. The summed E-state index contributed by atoms with van der Waals surface area (Å²) in [6.07, 6.45) is 1.48. The molecule has 31 heavy (non-hydrogen) atoms. The fraction of sp³-hybridized carbons (Fsp3) is 0.346. The molecule has 0 saturated carbocycles. The monoisotopic (exact) mass is 418 g/mol. The van der Waals surface area contributed by atoms with Gasteiger partial charge in [-0.05, 0) is 53.9 Å². The Kier molecular flexibility index (Phi) is 7.18. The van der Waals surface area contributed by atoms with Crippen molar-refractivity contribution in [3.05, 3.63) is 77.9 Å². The third-order valence-electron chi connectivity index (χ3n) is 5.59. The lowest BCUT2D eigenvalue weighted by atomic mass is 10.0. The molecule has 5 heteroatoms. The van der Waals surface area contributed by atoms with Gasteiger partial charge in [-0.3, -0.25) is 9.69 Å². The summed E-state index contributed by atoms with van der Waals surface area (Å²) in [6, 6.07) is 23.2. The van der Waals surface area contributed by atoms with Crippen LogP contribution in [0.1, 0.15) is 24.0 Å². The maximum atomic E-state index is 11.9. The van der Waals surface area contributed by atoms with Crippen molar-refractivity contribution in [1.82, 2.24) is 10.2 Å². The van der Waals surface area contributed by atoms with Crippen molar-refractivity contribution in [2.24, 2.45) is 0 Å². The summed E-state index contributed by atoms with van der Waals surface area (Å²) < 4.78 is 11.1. The highest BCUT2D eigenvalue weighted by molar-refractivity contribution is 5.85. The fourth-order valence-electron chi connectivity index (χ4n) is 4.02. The summed E-state index contributed by atoms with van der Waals surface area (Å²) in [7, 11) is 2.14. The van der Waals surface area contributed by atoms with E-state index >= 15 is 0 Å². The zero-order valence-electron chi connectivity index (χ0n) is 18.0. The van der Waals surface area contributed by atoms with Crippen LogP contribution in [0.5, 0.6) is 5.75 Å². The van der Waals surface area contributed by atoms with Gasteiger partial charge in [-0.25, -0.2) is 0 Å². The lowest BCUT2D eigenvalue weighted by molar-refractivity contribution is -0.130. The van der Waals surface area contributed by atoms with E-state index in [9.17, 15) is 4.79 Å². The van der Waals surface area contributed by atoms with E-state index in [0.717, 1.165) is 31.7 Å². The van der Waals surface area contributed by atoms with Gasteiger partial charge in [0.05, 0.1) is 6.54 Å². The molecular weight excluding hydrogens is 388 g/mol. The van der Waals surface area contributed by atoms with E-state index < -0.39 is 0 Å². The molecule has 0 unspecified atom stereocenters. The summed E-state index contributed by atoms with van der Waals surface area (Å²) >= 11 is 0. The number of carbonyl (C=O) groups is 1. The maximum Gasteiger partial charge on any atom is 0.249 e. The third kappa shape index (κ3) is 5.84. The van der Waals surface area contributed by atoms with Crippen molar-refractivity contribution in [2.75, 3.05) is 26.8 Å². The number of hydrogen-bond donors (Lipinski definition) is 1. The van der Waals surface area contributed by atoms with Crippen LogP contribution in [0.3, 0.4) is 0 Å². The van der Waals surface area contributed by atoms with E-state index in [0.29, 0.717) is 19.8 Å². The summed E-state index contributed by atoms with van der Waals surface area (Å²) in [5.41, 5.74) is 2.58. The largest absolute Gasteiger partial charge is 0.492 e. The first kappa shape index (κ1) is 21.3. The lowest BCUT2D eigenvalue weighted by Gasteiger charge is -2.18. The zero-order chi connectivity index (χ0) is 21.5. The minimum Gasteiger partial charge on any atom is -0.492 e. The molecule has 1 aliphatic rings. The van der Waals surface area contributed by atoms with Crippen molar-refractivity contribution >= 4 is 16.7 Å². The first-order valence-corrected chi connectivity index (χ1v) is 11.0. The second kappa shape index (κ2) is 10.4. The molecule has 0 aromatic heterocycles. The highest BCUT2D eigenvalue weighted by Crippen LogP contribution is 2.21. The van der Waals surface area contributed by atoms with Crippen molar-refractivity contribution in [3.63, 3.8) is 0 Å². The molecule has 5 nitrogen and oxygen atoms in total. The highest BCUT2D eigenvalue weighted by Gasteiger charge is 2.22. The van der Waals surface area contributed by atoms with Crippen molar-refractivity contribution in [1.29, 1.82) is 0 Å². The molecule has 0 spiro atoms. The van der Waals surface area contributed by atoms with Gasteiger partial charge < -0.3 is 14.8 Å². The molecule has 162 valence electrons. The Balaban J connectivity index is 1.23. The number of hydrogen-bond acceptors (Lipinski definition) is 4. The first-order chi connectivity index (χ1) is 15.2. The number of nitrogens with one attached hydrogen (secondary N) is 1. The van der Waals surface area contributed by atoms with E-state index in [1.165, 1.54) is 21.9 Å². The number of carbonyl (C=O) groups excluding carboxylic acids is 1. The third-order valence-corrected chi connectivity index (χ3v) is 5.59.